The molecule has 0 bridgehead atoms. The van der Waals surface area contributed by atoms with Crippen LogP contribution in [0.4, 0.5) is 5.82 Å². The molecule has 1 aliphatic heterocycles. The summed E-state index contributed by atoms with van der Waals surface area (Å²) >= 11 is 6.23. The Balaban J connectivity index is 2.38. The van der Waals surface area contributed by atoms with E-state index in [0.717, 1.165) is 30.3 Å². The molecule has 1 saturated heterocycles. The second-order valence-electron chi connectivity index (χ2n) is 6.31. The van der Waals surface area contributed by atoms with Crippen LogP contribution in [0.15, 0.2) is 0 Å². The van der Waals surface area contributed by atoms with Gasteiger partial charge in [-0.15, -0.1) is 0 Å². The van der Waals surface area contributed by atoms with E-state index < -0.39 is 0 Å². The lowest BCUT2D eigenvalue weighted by Gasteiger charge is -2.23. The van der Waals surface area contributed by atoms with Crippen LogP contribution in [0.1, 0.15) is 51.4 Å². The predicted octanol–water partition coefficient (Wildman–Crippen LogP) is 3.80. The Hall–Kier alpha value is -0.830. The zero-order chi connectivity index (χ0) is 13.5. The van der Waals surface area contributed by atoms with Gasteiger partial charge in [-0.1, -0.05) is 39.3 Å². The maximum atomic E-state index is 6.23. The predicted molar refractivity (Wildman–Crippen MR) is 76.5 cm³/mol. The van der Waals surface area contributed by atoms with Crippen LogP contribution in [0.2, 0.25) is 5.15 Å². The van der Waals surface area contributed by atoms with Gasteiger partial charge in [0.15, 0.2) is 0 Å². The van der Waals surface area contributed by atoms with Crippen molar-refractivity contribution in [3.8, 4) is 0 Å². The minimum absolute atomic E-state index is 0.303. The van der Waals surface area contributed by atoms with Crippen LogP contribution in [0, 0.1) is 12.3 Å². The summed E-state index contributed by atoms with van der Waals surface area (Å²) in [4.78, 5) is 11.4. The van der Waals surface area contributed by atoms with Crippen molar-refractivity contribution in [2.24, 2.45) is 5.41 Å². The molecular formula is C14H22ClN3. The molecule has 18 heavy (non-hydrogen) atoms. The average molecular weight is 268 g/mol. The molecule has 1 fully saturated rings. The molecule has 2 heterocycles. The van der Waals surface area contributed by atoms with Crippen molar-refractivity contribution >= 4 is 17.4 Å². The fourth-order valence-electron chi connectivity index (χ4n) is 2.35. The zero-order valence-electron chi connectivity index (χ0n) is 11.9. The molecule has 0 N–H and O–H groups in total. The lowest BCUT2D eigenvalue weighted by Crippen LogP contribution is -2.25. The van der Waals surface area contributed by atoms with E-state index in [2.05, 4.69) is 37.6 Å². The second kappa shape index (κ2) is 4.69. The lowest BCUT2D eigenvalue weighted by atomic mass is 9.93. The van der Waals surface area contributed by atoms with E-state index in [9.17, 15) is 0 Å². The third-order valence-electron chi connectivity index (χ3n) is 3.57. The van der Waals surface area contributed by atoms with E-state index in [-0.39, 0.29) is 0 Å². The number of hydrogen-bond acceptors (Lipinski definition) is 3. The van der Waals surface area contributed by atoms with Gasteiger partial charge in [-0.3, -0.25) is 0 Å². The molecule has 0 amide bonds. The summed E-state index contributed by atoms with van der Waals surface area (Å²) in [5.41, 5.74) is 1.36. The molecule has 0 aliphatic carbocycles. The highest BCUT2D eigenvalue weighted by atomic mass is 35.5. The molecule has 0 unspecified atom stereocenters. The van der Waals surface area contributed by atoms with Gasteiger partial charge in [0.25, 0.3) is 0 Å². The maximum Gasteiger partial charge on any atom is 0.137 e. The summed E-state index contributed by atoms with van der Waals surface area (Å²) in [7, 11) is 0. The van der Waals surface area contributed by atoms with E-state index >= 15 is 0 Å². The van der Waals surface area contributed by atoms with E-state index in [1.165, 1.54) is 6.42 Å². The number of aromatic nitrogens is 2. The van der Waals surface area contributed by atoms with Crippen molar-refractivity contribution in [2.45, 2.75) is 47.0 Å². The van der Waals surface area contributed by atoms with Gasteiger partial charge in [0.05, 0.1) is 0 Å². The minimum Gasteiger partial charge on any atom is -0.356 e. The summed E-state index contributed by atoms with van der Waals surface area (Å²) in [6.45, 7) is 12.9. The summed E-state index contributed by atoms with van der Waals surface area (Å²) in [6, 6.07) is 0. The molecule has 0 radical (unpaired) electrons. The molecule has 0 spiro atoms. The average Bonchev–Trinajstić information content (AvgIpc) is 2.62. The Bertz CT molecular complexity index is 455. The summed E-state index contributed by atoms with van der Waals surface area (Å²) in [6.07, 6.45) is 1.20. The molecule has 0 atom stereocenters. The molecule has 2 rings (SSSR count). The van der Waals surface area contributed by atoms with Gasteiger partial charge in [0.1, 0.15) is 16.8 Å². The Kier molecular flexibility index (Phi) is 3.54. The van der Waals surface area contributed by atoms with Crippen LogP contribution in [0.3, 0.4) is 0 Å². The van der Waals surface area contributed by atoms with Crippen molar-refractivity contribution in [3.63, 3.8) is 0 Å². The molecule has 1 aromatic heterocycles. The number of rotatable bonds is 2. The van der Waals surface area contributed by atoms with Crippen molar-refractivity contribution in [3.05, 3.63) is 16.5 Å². The maximum absolute atomic E-state index is 6.23. The Morgan fingerprint density at radius 2 is 1.94 bits per heavy atom. The van der Waals surface area contributed by atoms with Gasteiger partial charge < -0.3 is 4.90 Å². The monoisotopic (exact) mass is 267 g/mol. The highest BCUT2D eigenvalue weighted by Crippen LogP contribution is 2.34. The molecule has 100 valence electrons. The Morgan fingerprint density at radius 1 is 1.28 bits per heavy atom. The first-order chi connectivity index (χ1) is 8.30. The van der Waals surface area contributed by atoms with Crippen molar-refractivity contribution in [1.82, 2.24) is 9.97 Å². The van der Waals surface area contributed by atoms with Crippen molar-refractivity contribution in [1.29, 1.82) is 0 Å². The van der Waals surface area contributed by atoms with Gasteiger partial charge in [0.2, 0.25) is 0 Å². The molecule has 1 aliphatic rings. The molecule has 0 saturated carbocycles. The first-order valence-corrected chi connectivity index (χ1v) is 6.97. The normalized spacial score (nSPS) is 18.7. The van der Waals surface area contributed by atoms with Crippen molar-refractivity contribution in [2.75, 3.05) is 18.0 Å². The lowest BCUT2D eigenvalue weighted by molar-refractivity contribution is 0.418. The Morgan fingerprint density at radius 3 is 2.44 bits per heavy atom. The summed E-state index contributed by atoms with van der Waals surface area (Å²) in [5, 5.41) is 0.591. The fourth-order valence-corrected chi connectivity index (χ4v) is 2.52. The number of halogens is 1. The fraction of sp³-hybridized carbons (Fsp3) is 0.714. The largest absolute Gasteiger partial charge is 0.356 e. The third kappa shape index (κ3) is 2.61. The van der Waals surface area contributed by atoms with Crippen LogP contribution < -0.4 is 4.90 Å². The molecular weight excluding hydrogens is 246 g/mol. The van der Waals surface area contributed by atoms with Crippen LogP contribution in [0.25, 0.3) is 0 Å². The zero-order valence-corrected chi connectivity index (χ0v) is 12.7. The molecule has 0 aromatic carbocycles. The van der Waals surface area contributed by atoms with E-state index in [1.54, 1.807) is 0 Å². The van der Waals surface area contributed by atoms with Gasteiger partial charge in [0, 0.05) is 24.6 Å². The van der Waals surface area contributed by atoms with E-state index in [0.29, 0.717) is 16.5 Å². The summed E-state index contributed by atoms with van der Waals surface area (Å²) in [5.74, 6) is 2.16. The minimum atomic E-state index is 0.303. The van der Waals surface area contributed by atoms with Crippen LogP contribution in [-0.4, -0.2) is 23.1 Å². The first kappa shape index (κ1) is 13.6. The number of hydrogen-bond donors (Lipinski definition) is 0. The standard InChI is InChI=1S/C14H22ClN3/c1-9(2)12-16-11(15)10(3)13(17-12)18-7-6-14(4,5)8-18/h9H,6-8H2,1-5H3. The van der Waals surface area contributed by atoms with Crippen LogP contribution >= 0.6 is 11.6 Å². The van der Waals surface area contributed by atoms with Gasteiger partial charge in [-0.2, -0.15) is 0 Å². The molecule has 4 heteroatoms. The first-order valence-electron chi connectivity index (χ1n) is 6.59. The van der Waals surface area contributed by atoms with Gasteiger partial charge in [-0.25, -0.2) is 9.97 Å². The quantitative estimate of drug-likeness (QED) is 0.764. The van der Waals surface area contributed by atoms with Gasteiger partial charge in [-0.05, 0) is 18.8 Å². The molecule has 3 nitrogen and oxygen atoms in total. The second-order valence-corrected chi connectivity index (χ2v) is 6.67. The van der Waals surface area contributed by atoms with Crippen LogP contribution in [0.5, 0.6) is 0 Å². The van der Waals surface area contributed by atoms with Crippen molar-refractivity contribution < 1.29 is 0 Å². The third-order valence-corrected chi connectivity index (χ3v) is 3.94. The number of anilines is 1. The molecule has 1 aromatic rings. The SMILES string of the molecule is Cc1c(Cl)nc(C(C)C)nc1N1CCC(C)(C)C1. The number of nitrogens with zero attached hydrogens (tertiary/aromatic N) is 3. The van der Waals surface area contributed by atoms with E-state index in [4.69, 9.17) is 16.6 Å². The summed E-state index contributed by atoms with van der Waals surface area (Å²) < 4.78 is 0. The van der Waals surface area contributed by atoms with Crippen LogP contribution in [-0.2, 0) is 0 Å². The van der Waals surface area contributed by atoms with Gasteiger partial charge >= 0.3 is 0 Å². The Labute approximate surface area is 115 Å². The topological polar surface area (TPSA) is 29.0 Å². The highest BCUT2D eigenvalue weighted by Gasteiger charge is 2.31. The smallest absolute Gasteiger partial charge is 0.137 e. The van der Waals surface area contributed by atoms with E-state index in [1.807, 2.05) is 6.92 Å². The highest BCUT2D eigenvalue weighted by molar-refractivity contribution is 6.30.